The van der Waals surface area contributed by atoms with Crippen molar-refractivity contribution in [1.82, 2.24) is 9.55 Å². The number of imidazole rings is 1. The number of fused-ring (bicyclic) bond motifs is 1. The number of esters is 1. The van der Waals surface area contributed by atoms with E-state index in [1.807, 2.05) is 31.2 Å². The van der Waals surface area contributed by atoms with Gasteiger partial charge >= 0.3 is 5.97 Å². The average Bonchev–Trinajstić information content (AvgIpc) is 3.07. The molecule has 1 heterocycles. The van der Waals surface area contributed by atoms with Gasteiger partial charge in [-0.25, -0.2) is 9.78 Å². The van der Waals surface area contributed by atoms with Crippen LogP contribution in [0.4, 0.5) is 0 Å². The number of benzene rings is 3. The van der Waals surface area contributed by atoms with Crippen LogP contribution in [0.5, 0.6) is 0 Å². The normalized spacial score (nSPS) is 11.0. The molecule has 0 unspecified atom stereocenters. The van der Waals surface area contributed by atoms with E-state index in [1.165, 1.54) is 5.56 Å². The molecular formula is C24H22N2O2. The maximum atomic E-state index is 12.2. The van der Waals surface area contributed by atoms with Gasteiger partial charge in [0.25, 0.3) is 0 Å². The summed E-state index contributed by atoms with van der Waals surface area (Å²) in [4.78, 5) is 17.1. The lowest BCUT2D eigenvalue weighted by molar-refractivity contribution is 0.0526. The molecule has 140 valence electrons. The van der Waals surface area contributed by atoms with E-state index in [-0.39, 0.29) is 5.97 Å². The lowest BCUT2D eigenvalue weighted by atomic mass is 10.1. The van der Waals surface area contributed by atoms with Gasteiger partial charge in [0, 0.05) is 11.3 Å². The van der Waals surface area contributed by atoms with E-state index in [2.05, 4.69) is 54.8 Å². The highest BCUT2D eigenvalue weighted by atomic mass is 16.5. The van der Waals surface area contributed by atoms with Crippen molar-refractivity contribution >= 4 is 17.0 Å². The maximum absolute atomic E-state index is 12.2. The maximum Gasteiger partial charge on any atom is 0.338 e. The highest BCUT2D eigenvalue weighted by Gasteiger charge is 2.16. The molecule has 0 fully saturated rings. The van der Waals surface area contributed by atoms with Crippen LogP contribution in [-0.4, -0.2) is 22.1 Å². The number of ether oxygens (including phenoxy) is 1. The Hall–Kier alpha value is -3.40. The van der Waals surface area contributed by atoms with Crippen molar-refractivity contribution in [3.8, 4) is 17.1 Å². The van der Waals surface area contributed by atoms with E-state index in [0.29, 0.717) is 12.2 Å². The molecule has 1 aromatic heterocycles. The number of rotatable bonds is 4. The third kappa shape index (κ3) is 3.29. The molecule has 0 aliphatic carbocycles. The third-order valence-corrected chi connectivity index (χ3v) is 4.70. The molecule has 4 heteroatoms. The Morgan fingerprint density at radius 3 is 2.54 bits per heavy atom. The first-order valence-electron chi connectivity index (χ1n) is 9.40. The fraction of sp³-hybridized carbons (Fsp3) is 0.167. The summed E-state index contributed by atoms with van der Waals surface area (Å²) in [5.74, 6) is 0.534. The van der Waals surface area contributed by atoms with Gasteiger partial charge in [0.1, 0.15) is 5.82 Å². The fourth-order valence-electron chi connectivity index (χ4n) is 3.42. The van der Waals surface area contributed by atoms with E-state index in [1.54, 1.807) is 6.07 Å². The monoisotopic (exact) mass is 370 g/mol. The zero-order valence-electron chi connectivity index (χ0n) is 16.3. The minimum absolute atomic E-state index is 0.318. The average molecular weight is 370 g/mol. The second kappa shape index (κ2) is 7.31. The Morgan fingerprint density at radius 2 is 1.75 bits per heavy atom. The number of hydrogen-bond donors (Lipinski definition) is 0. The quantitative estimate of drug-likeness (QED) is 0.446. The summed E-state index contributed by atoms with van der Waals surface area (Å²) < 4.78 is 7.27. The van der Waals surface area contributed by atoms with Crippen molar-refractivity contribution in [2.75, 3.05) is 6.61 Å². The van der Waals surface area contributed by atoms with Crippen LogP contribution < -0.4 is 0 Å². The Bertz CT molecular complexity index is 1170. The molecule has 0 N–H and O–H groups in total. The van der Waals surface area contributed by atoms with E-state index < -0.39 is 0 Å². The first kappa shape index (κ1) is 18.0. The molecule has 28 heavy (non-hydrogen) atoms. The number of aromatic nitrogens is 2. The van der Waals surface area contributed by atoms with Crippen LogP contribution in [0.1, 0.15) is 28.4 Å². The van der Waals surface area contributed by atoms with E-state index in [4.69, 9.17) is 9.72 Å². The summed E-state index contributed by atoms with van der Waals surface area (Å²) in [6, 6.07) is 22.0. The summed E-state index contributed by atoms with van der Waals surface area (Å²) in [5.41, 5.74) is 6.72. The van der Waals surface area contributed by atoms with Crippen LogP contribution in [0, 0.1) is 13.8 Å². The number of nitrogens with zero attached hydrogens (tertiary/aromatic N) is 2. The van der Waals surface area contributed by atoms with Crippen LogP contribution in [0.2, 0.25) is 0 Å². The molecule has 4 rings (SSSR count). The van der Waals surface area contributed by atoms with Crippen molar-refractivity contribution in [1.29, 1.82) is 0 Å². The Labute approximate surface area is 164 Å². The predicted octanol–water partition coefficient (Wildman–Crippen LogP) is 5.49. The molecule has 0 amide bonds. The minimum Gasteiger partial charge on any atom is -0.462 e. The molecule has 0 bridgehead atoms. The van der Waals surface area contributed by atoms with Gasteiger partial charge in [-0.05, 0) is 62.7 Å². The van der Waals surface area contributed by atoms with Gasteiger partial charge in [-0.3, -0.25) is 4.57 Å². The summed E-state index contributed by atoms with van der Waals surface area (Å²) in [7, 11) is 0. The molecule has 0 atom stereocenters. The van der Waals surface area contributed by atoms with Crippen LogP contribution in [-0.2, 0) is 4.74 Å². The SMILES string of the molecule is CCOC(=O)c1cccc(-n2c(-c3cccc(C)c3)nc3cc(C)ccc32)c1. The highest BCUT2D eigenvalue weighted by Crippen LogP contribution is 2.30. The number of hydrogen-bond acceptors (Lipinski definition) is 3. The van der Waals surface area contributed by atoms with Gasteiger partial charge in [0.15, 0.2) is 0 Å². The third-order valence-electron chi connectivity index (χ3n) is 4.70. The zero-order chi connectivity index (χ0) is 19.7. The Balaban J connectivity index is 1.96. The minimum atomic E-state index is -0.318. The topological polar surface area (TPSA) is 44.1 Å². The first-order valence-corrected chi connectivity index (χ1v) is 9.40. The second-order valence-electron chi connectivity index (χ2n) is 6.90. The number of carbonyl (C=O) groups excluding carboxylic acids is 1. The molecule has 0 aliphatic heterocycles. The summed E-state index contributed by atoms with van der Waals surface area (Å²) in [6.07, 6.45) is 0. The van der Waals surface area contributed by atoms with E-state index >= 15 is 0 Å². The second-order valence-corrected chi connectivity index (χ2v) is 6.90. The van der Waals surface area contributed by atoms with Crippen molar-refractivity contribution in [3.05, 3.63) is 83.4 Å². The summed E-state index contributed by atoms with van der Waals surface area (Å²) in [5, 5.41) is 0. The van der Waals surface area contributed by atoms with Crippen LogP contribution in [0.3, 0.4) is 0 Å². The molecule has 0 saturated heterocycles. The number of carbonyl (C=O) groups is 1. The lowest BCUT2D eigenvalue weighted by Gasteiger charge is -2.11. The largest absolute Gasteiger partial charge is 0.462 e. The zero-order valence-corrected chi connectivity index (χ0v) is 16.3. The summed E-state index contributed by atoms with van der Waals surface area (Å²) >= 11 is 0. The van der Waals surface area contributed by atoms with Crippen molar-refractivity contribution < 1.29 is 9.53 Å². The van der Waals surface area contributed by atoms with Crippen molar-refractivity contribution in [2.45, 2.75) is 20.8 Å². The van der Waals surface area contributed by atoms with Gasteiger partial charge in [0.05, 0.1) is 23.2 Å². The summed E-state index contributed by atoms with van der Waals surface area (Å²) in [6.45, 7) is 6.29. The molecular weight excluding hydrogens is 348 g/mol. The lowest BCUT2D eigenvalue weighted by Crippen LogP contribution is -2.06. The van der Waals surface area contributed by atoms with Gasteiger partial charge in [-0.1, -0.05) is 35.9 Å². The van der Waals surface area contributed by atoms with Gasteiger partial charge in [-0.15, -0.1) is 0 Å². The highest BCUT2D eigenvalue weighted by molar-refractivity contribution is 5.91. The molecule has 0 saturated carbocycles. The van der Waals surface area contributed by atoms with Crippen molar-refractivity contribution in [2.24, 2.45) is 0 Å². The first-order chi connectivity index (χ1) is 13.6. The molecule has 3 aromatic carbocycles. The molecule has 0 aliphatic rings. The van der Waals surface area contributed by atoms with Gasteiger partial charge < -0.3 is 4.74 Å². The van der Waals surface area contributed by atoms with Crippen molar-refractivity contribution in [3.63, 3.8) is 0 Å². The molecule has 0 spiro atoms. The van der Waals surface area contributed by atoms with E-state index in [0.717, 1.165) is 33.7 Å². The van der Waals surface area contributed by atoms with Crippen LogP contribution >= 0.6 is 0 Å². The smallest absolute Gasteiger partial charge is 0.338 e. The van der Waals surface area contributed by atoms with Crippen LogP contribution in [0.15, 0.2) is 66.7 Å². The molecule has 4 nitrogen and oxygen atoms in total. The Kier molecular flexibility index (Phi) is 4.70. The van der Waals surface area contributed by atoms with Crippen LogP contribution in [0.25, 0.3) is 28.1 Å². The predicted molar refractivity (Wildman–Crippen MR) is 112 cm³/mol. The van der Waals surface area contributed by atoms with Gasteiger partial charge in [-0.2, -0.15) is 0 Å². The fourth-order valence-corrected chi connectivity index (χ4v) is 3.42. The molecule has 4 aromatic rings. The standard InChI is InChI=1S/C24H22N2O2/c1-4-28-24(27)19-9-6-10-20(15-19)26-22-12-11-17(3)14-21(22)25-23(26)18-8-5-7-16(2)13-18/h5-15H,4H2,1-3H3. The number of aryl methyl sites for hydroxylation is 2. The Morgan fingerprint density at radius 1 is 0.964 bits per heavy atom. The van der Waals surface area contributed by atoms with Gasteiger partial charge in [0.2, 0.25) is 0 Å². The van der Waals surface area contributed by atoms with E-state index in [9.17, 15) is 4.79 Å². The molecule has 0 radical (unpaired) electrons.